The van der Waals surface area contributed by atoms with Crippen LogP contribution in [0.4, 0.5) is 5.69 Å². The Hall–Kier alpha value is -2.97. The third kappa shape index (κ3) is 4.29. The first-order valence-corrected chi connectivity index (χ1v) is 12.2. The number of thiophene rings is 1. The molecule has 1 aliphatic rings. The molecule has 4 rings (SSSR count). The van der Waals surface area contributed by atoms with Gasteiger partial charge >= 0.3 is 0 Å². The van der Waals surface area contributed by atoms with Crippen LogP contribution in [-0.2, 0) is 10.0 Å². The van der Waals surface area contributed by atoms with Crippen molar-refractivity contribution in [3.05, 3.63) is 87.6 Å². The predicted octanol–water partition coefficient (Wildman–Crippen LogP) is 4.42. The first-order valence-electron chi connectivity index (χ1n) is 9.39. The van der Waals surface area contributed by atoms with Gasteiger partial charge in [-0.1, -0.05) is 48.0 Å². The monoisotopic (exact) mass is 439 g/mol. The highest BCUT2D eigenvalue weighted by Crippen LogP contribution is 2.36. The van der Waals surface area contributed by atoms with Gasteiger partial charge in [0, 0.05) is 17.4 Å². The minimum atomic E-state index is -3.45. The molecule has 8 heteroatoms. The Morgan fingerprint density at radius 3 is 2.67 bits per heavy atom. The number of aryl methyl sites for hydroxylation is 1. The number of carbonyl (C=O) groups excluding carboxylic acids is 1. The van der Waals surface area contributed by atoms with Crippen LogP contribution in [0.25, 0.3) is 0 Å². The summed E-state index contributed by atoms with van der Waals surface area (Å²) in [5.41, 5.74) is 4.46. The van der Waals surface area contributed by atoms with Crippen LogP contribution in [0.5, 0.6) is 0 Å². The maximum Gasteiger partial charge on any atom is 0.275 e. The van der Waals surface area contributed by atoms with Crippen LogP contribution < -0.4 is 4.72 Å². The smallest absolute Gasteiger partial charge is 0.275 e. The molecule has 1 atom stereocenters. The summed E-state index contributed by atoms with van der Waals surface area (Å²) in [6.45, 7) is 2.01. The summed E-state index contributed by atoms with van der Waals surface area (Å²) in [5, 5.41) is 9.85. The highest BCUT2D eigenvalue weighted by Gasteiger charge is 2.34. The predicted molar refractivity (Wildman–Crippen MR) is 120 cm³/mol. The summed E-state index contributed by atoms with van der Waals surface area (Å²) in [7, 11) is -3.45. The third-order valence-electron chi connectivity index (χ3n) is 4.85. The van der Waals surface area contributed by atoms with Crippen molar-refractivity contribution in [1.29, 1.82) is 0 Å². The molecule has 0 aliphatic carbocycles. The Morgan fingerprint density at radius 1 is 1.17 bits per heavy atom. The molecule has 2 aromatic carbocycles. The normalized spacial score (nSPS) is 16.4. The van der Waals surface area contributed by atoms with E-state index in [-0.39, 0.29) is 11.9 Å². The molecular formula is C22H21N3O3S2. The number of nitrogens with one attached hydrogen (secondary N) is 1. The molecule has 1 aliphatic heterocycles. The zero-order valence-electron chi connectivity index (χ0n) is 16.6. The number of anilines is 1. The van der Waals surface area contributed by atoms with Crippen molar-refractivity contribution >= 4 is 38.7 Å². The molecular weight excluding hydrogens is 418 g/mol. The van der Waals surface area contributed by atoms with Crippen LogP contribution in [0, 0.1) is 6.92 Å². The number of para-hydroxylation sites is 1. The Bertz CT molecular complexity index is 1220. The minimum Gasteiger partial charge on any atom is -0.283 e. The van der Waals surface area contributed by atoms with E-state index in [1.54, 1.807) is 18.2 Å². The number of carbonyl (C=O) groups is 1. The van der Waals surface area contributed by atoms with Gasteiger partial charge in [0.15, 0.2) is 0 Å². The second-order valence-electron chi connectivity index (χ2n) is 7.26. The van der Waals surface area contributed by atoms with Crippen LogP contribution in [0.1, 0.15) is 39.5 Å². The van der Waals surface area contributed by atoms with E-state index in [9.17, 15) is 13.2 Å². The van der Waals surface area contributed by atoms with Crippen molar-refractivity contribution in [3.63, 3.8) is 0 Å². The van der Waals surface area contributed by atoms with E-state index >= 15 is 0 Å². The highest BCUT2D eigenvalue weighted by molar-refractivity contribution is 7.92. The van der Waals surface area contributed by atoms with E-state index in [0.29, 0.717) is 28.9 Å². The molecule has 1 amide bonds. The standard InChI is InChI=1S/C22H21N3O3S2/c1-15-6-5-7-16(12-15)21-13-20(23-25(21)22(26)17-10-11-29-14-17)18-8-3-4-9-19(18)24-30(2,27)28/h3-12,14,21,24H,13H2,1-2H3/t21-/m1/s1. The van der Waals surface area contributed by atoms with Gasteiger partial charge in [0.05, 0.1) is 29.3 Å². The largest absolute Gasteiger partial charge is 0.283 e. The van der Waals surface area contributed by atoms with Gasteiger partial charge in [-0.25, -0.2) is 13.4 Å². The summed E-state index contributed by atoms with van der Waals surface area (Å²) in [6.07, 6.45) is 1.60. The maximum absolute atomic E-state index is 13.2. The fourth-order valence-electron chi connectivity index (χ4n) is 3.54. The quantitative estimate of drug-likeness (QED) is 0.639. The van der Waals surface area contributed by atoms with E-state index in [4.69, 9.17) is 0 Å². The van der Waals surface area contributed by atoms with E-state index in [2.05, 4.69) is 15.9 Å². The molecule has 2 heterocycles. The van der Waals surface area contributed by atoms with Crippen molar-refractivity contribution in [2.24, 2.45) is 5.10 Å². The van der Waals surface area contributed by atoms with Gasteiger partial charge in [-0.2, -0.15) is 16.4 Å². The highest BCUT2D eigenvalue weighted by atomic mass is 32.2. The average Bonchev–Trinajstić information content (AvgIpc) is 3.37. The van der Waals surface area contributed by atoms with Gasteiger partial charge < -0.3 is 0 Å². The first-order chi connectivity index (χ1) is 14.3. The molecule has 0 radical (unpaired) electrons. The van der Waals surface area contributed by atoms with E-state index in [1.807, 2.05) is 48.0 Å². The lowest BCUT2D eigenvalue weighted by Gasteiger charge is -2.22. The molecule has 1 N–H and O–H groups in total. The number of nitrogens with zero attached hydrogens (tertiary/aromatic N) is 2. The summed E-state index contributed by atoms with van der Waals surface area (Å²) >= 11 is 1.46. The Balaban J connectivity index is 1.77. The molecule has 3 aromatic rings. The number of amides is 1. The van der Waals surface area contributed by atoms with Gasteiger partial charge in [-0.05, 0) is 30.0 Å². The molecule has 1 aromatic heterocycles. The first kappa shape index (κ1) is 20.3. The van der Waals surface area contributed by atoms with Crippen molar-refractivity contribution in [3.8, 4) is 0 Å². The van der Waals surface area contributed by atoms with E-state index in [1.165, 1.54) is 16.3 Å². The molecule has 0 fully saturated rings. The number of rotatable bonds is 5. The van der Waals surface area contributed by atoms with Gasteiger partial charge in [0.25, 0.3) is 5.91 Å². The maximum atomic E-state index is 13.2. The Morgan fingerprint density at radius 2 is 1.97 bits per heavy atom. The second-order valence-corrected chi connectivity index (χ2v) is 9.79. The van der Waals surface area contributed by atoms with Crippen LogP contribution in [0.2, 0.25) is 0 Å². The minimum absolute atomic E-state index is 0.175. The zero-order chi connectivity index (χ0) is 21.3. The van der Waals surface area contributed by atoms with Gasteiger partial charge in [-0.3, -0.25) is 9.52 Å². The number of sulfonamides is 1. The summed E-state index contributed by atoms with van der Waals surface area (Å²) in [4.78, 5) is 13.2. The number of hydrazone groups is 1. The van der Waals surface area contributed by atoms with Crippen LogP contribution in [0.3, 0.4) is 0 Å². The Labute approximate surface area is 179 Å². The van der Waals surface area contributed by atoms with E-state index in [0.717, 1.165) is 17.4 Å². The van der Waals surface area contributed by atoms with Crippen molar-refractivity contribution < 1.29 is 13.2 Å². The molecule has 0 unspecified atom stereocenters. The van der Waals surface area contributed by atoms with Crippen LogP contribution in [-0.4, -0.2) is 31.3 Å². The zero-order valence-corrected chi connectivity index (χ0v) is 18.2. The van der Waals surface area contributed by atoms with Crippen molar-refractivity contribution in [1.82, 2.24) is 5.01 Å². The topological polar surface area (TPSA) is 78.8 Å². The van der Waals surface area contributed by atoms with Crippen molar-refractivity contribution in [2.75, 3.05) is 11.0 Å². The van der Waals surface area contributed by atoms with E-state index < -0.39 is 10.0 Å². The van der Waals surface area contributed by atoms with Gasteiger partial charge in [0.1, 0.15) is 0 Å². The molecule has 0 saturated heterocycles. The molecule has 0 bridgehead atoms. The number of benzene rings is 2. The lowest BCUT2D eigenvalue weighted by atomic mass is 9.96. The van der Waals surface area contributed by atoms with Gasteiger partial charge in [0.2, 0.25) is 10.0 Å². The number of hydrogen-bond donors (Lipinski definition) is 1. The van der Waals surface area contributed by atoms with Gasteiger partial charge in [-0.15, -0.1) is 0 Å². The second kappa shape index (κ2) is 8.04. The summed E-state index contributed by atoms with van der Waals surface area (Å²) in [5.74, 6) is -0.175. The van der Waals surface area contributed by atoms with Crippen LogP contribution in [0.15, 0.2) is 70.5 Å². The third-order valence-corrected chi connectivity index (χ3v) is 6.12. The van der Waals surface area contributed by atoms with Crippen molar-refractivity contribution in [2.45, 2.75) is 19.4 Å². The number of hydrogen-bond acceptors (Lipinski definition) is 5. The molecule has 0 saturated carbocycles. The average molecular weight is 440 g/mol. The fraction of sp³-hybridized carbons (Fsp3) is 0.182. The molecule has 0 spiro atoms. The fourth-order valence-corrected chi connectivity index (χ4v) is 4.75. The molecule has 6 nitrogen and oxygen atoms in total. The van der Waals surface area contributed by atoms with Crippen LogP contribution >= 0.6 is 11.3 Å². The molecule has 154 valence electrons. The SMILES string of the molecule is Cc1cccc([C@H]2CC(c3ccccc3NS(C)(=O)=O)=NN2C(=O)c2ccsc2)c1. The molecule has 30 heavy (non-hydrogen) atoms. The summed E-state index contributed by atoms with van der Waals surface area (Å²) < 4.78 is 26.2. The summed E-state index contributed by atoms with van der Waals surface area (Å²) in [6, 6.07) is 16.6. The Kier molecular flexibility index (Phi) is 5.44. The lowest BCUT2D eigenvalue weighted by molar-refractivity contribution is 0.0711. The lowest BCUT2D eigenvalue weighted by Crippen LogP contribution is -2.26.